The van der Waals surface area contributed by atoms with Crippen LogP contribution >= 0.6 is 0 Å². The maximum Gasteiger partial charge on any atom is 0.239 e. The van der Waals surface area contributed by atoms with Gasteiger partial charge in [-0.3, -0.25) is 9.59 Å². The molecule has 0 aromatic rings. The van der Waals surface area contributed by atoms with Crippen molar-refractivity contribution in [3.05, 3.63) is 0 Å². The summed E-state index contributed by atoms with van der Waals surface area (Å²) < 4.78 is 0. The lowest BCUT2D eigenvalue weighted by Gasteiger charge is -2.15. The fourth-order valence-corrected chi connectivity index (χ4v) is 2.33. The average Bonchev–Trinajstić information content (AvgIpc) is 2.73. The van der Waals surface area contributed by atoms with Gasteiger partial charge < -0.3 is 11.1 Å². The summed E-state index contributed by atoms with van der Waals surface area (Å²) in [6, 6.07) is -0.542. The molecule has 4 nitrogen and oxygen atoms in total. The molecule has 2 amide bonds. The van der Waals surface area contributed by atoms with E-state index in [0.717, 1.165) is 24.7 Å². The minimum atomic E-state index is -0.542. The van der Waals surface area contributed by atoms with E-state index in [1.807, 2.05) is 0 Å². The zero-order chi connectivity index (χ0) is 10.3. The van der Waals surface area contributed by atoms with Gasteiger partial charge in [0.25, 0.3) is 0 Å². The normalized spacial score (nSPS) is 35.9. The van der Waals surface area contributed by atoms with Crippen LogP contribution in [0.3, 0.4) is 0 Å². The largest absolute Gasteiger partial charge is 0.368 e. The van der Waals surface area contributed by atoms with Gasteiger partial charge in [0.1, 0.15) is 6.04 Å². The van der Waals surface area contributed by atoms with Crippen LogP contribution in [0.2, 0.25) is 0 Å². The molecule has 2 fully saturated rings. The Bertz CT molecular complexity index is 267. The summed E-state index contributed by atoms with van der Waals surface area (Å²) in [5.74, 6) is 1.23. The van der Waals surface area contributed by atoms with E-state index >= 15 is 0 Å². The molecule has 0 spiro atoms. The molecule has 0 aliphatic heterocycles. The van der Waals surface area contributed by atoms with Gasteiger partial charge in [0.2, 0.25) is 11.8 Å². The molecule has 0 radical (unpaired) electrons. The van der Waals surface area contributed by atoms with Crippen LogP contribution in [0.5, 0.6) is 0 Å². The lowest BCUT2D eigenvalue weighted by Crippen LogP contribution is -2.44. The molecule has 2 unspecified atom stereocenters. The van der Waals surface area contributed by atoms with Crippen LogP contribution in [-0.4, -0.2) is 17.9 Å². The average molecular weight is 196 g/mol. The molecule has 2 saturated carbocycles. The number of primary amides is 1. The third kappa shape index (κ3) is 1.74. The highest BCUT2D eigenvalue weighted by molar-refractivity contribution is 5.87. The third-order valence-electron chi connectivity index (χ3n) is 3.40. The number of hydrogen-bond donors (Lipinski definition) is 2. The van der Waals surface area contributed by atoms with Crippen molar-refractivity contribution in [2.24, 2.45) is 23.5 Å². The molecule has 3 N–H and O–H groups in total. The SMILES string of the molecule is C[C@H](NC(=O)C1CC2CC2C1)C(N)=O. The quantitative estimate of drug-likeness (QED) is 0.668. The van der Waals surface area contributed by atoms with E-state index in [2.05, 4.69) is 5.32 Å². The molecule has 0 saturated heterocycles. The number of rotatable bonds is 3. The molecule has 0 aromatic carbocycles. The van der Waals surface area contributed by atoms with Gasteiger partial charge in [-0.15, -0.1) is 0 Å². The molecule has 78 valence electrons. The van der Waals surface area contributed by atoms with Gasteiger partial charge in [0, 0.05) is 5.92 Å². The second-order valence-corrected chi connectivity index (χ2v) is 4.56. The summed E-state index contributed by atoms with van der Waals surface area (Å²) >= 11 is 0. The summed E-state index contributed by atoms with van der Waals surface area (Å²) in [6.45, 7) is 1.62. The Kier molecular flexibility index (Phi) is 2.21. The molecule has 14 heavy (non-hydrogen) atoms. The molecule has 2 aliphatic carbocycles. The Morgan fingerprint density at radius 1 is 1.29 bits per heavy atom. The van der Waals surface area contributed by atoms with Gasteiger partial charge in [0.15, 0.2) is 0 Å². The summed E-state index contributed by atoms with van der Waals surface area (Å²) in [7, 11) is 0. The van der Waals surface area contributed by atoms with Crippen molar-refractivity contribution in [1.82, 2.24) is 5.32 Å². The number of carbonyl (C=O) groups is 2. The minimum Gasteiger partial charge on any atom is -0.368 e. The van der Waals surface area contributed by atoms with E-state index in [-0.39, 0.29) is 11.8 Å². The van der Waals surface area contributed by atoms with Gasteiger partial charge in [-0.1, -0.05) is 0 Å². The lowest BCUT2D eigenvalue weighted by molar-refractivity contribution is -0.129. The van der Waals surface area contributed by atoms with Crippen molar-refractivity contribution in [2.45, 2.75) is 32.2 Å². The zero-order valence-corrected chi connectivity index (χ0v) is 8.32. The summed E-state index contributed by atoms with van der Waals surface area (Å²) in [5.41, 5.74) is 5.07. The number of amides is 2. The number of nitrogens with two attached hydrogens (primary N) is 1. The molecule has 0 aromatic heterocycles. The van der Waals surface area contributed by atoms with Gasteiger partial charge in [-0.05, 0) is 38.0 Å². The van der Waals surface area contributed by atoms with Crippen LogP contribution in [0, 0.1) is 17.8 Å². The van der Waals surface area contributed by atoms with Gasteiger partial charge >= 0.3 is 0 Å². The predicted molar refractivity (Wildman–Crippen MR) is 51.1 cm³/mol. The summed E-state index contributed by atoms with van der Waals surface area (Å²) in [6.07, 6.45) is 3.30. The van der Waals surface area contributed by atoms with E-state index in [4.69, 9.17) is 5.73 Å². The Hall–Kier alpha value is -1.06. The summed E-state index contributed by atoms with van der Waals surface area (Å²) in [5, 5.41) is 2.65. The fourth-order valence-electron chi connectivity index (χ4n) is 2.33. The maximum atomic E-state index is 11.6. The van der Waals surface area contributed by atoms with Crippen molar-refractivity contribution in [3.8, 4) is 0 Å². The van der Waals surface area contributed by atoms with Crippen molar-refractivity contribution in [3.63, 3.8) is 0 Å². The highest BCUT2D eigenvalue weighted by Crippen LogP contribution is 2.54. The molecule has 2 rings (SSSR count). The first-order chi connectivity index (χ1) is 6.58. The smallest absolute Gasteiger partial charge is 0.239 e. The minimum absolute atomic E-state index is 0.00324. The number of fused-ring (bicyclic) bond motifs is 1. The zero-order valence-electron chi connectivity index (χ0n) is 8.32. The second-order valence-electron chi connectivity index (χ2n) is 4.56. The first-order valence-corrected chi connectivity index (χ1v) is 5.17. The first-order valence-electron chi connectivity index (χ1n) is 5.17. The Morgan fingerprint density at radius 3 is 2.36 bits per heavy atom. The molecule has 4 heteroatoms. The molecule has 0 heterocycles. The van der Waals surface area contributed by atoms with Crippen LogP contribution in [0.15, 0.2) is 0 Å². The number of hydrogen-bond acceptors (Lipinski definition) is 2. The molecule has 2 aliphatic rings. The highest BCUT2D eigenvalue weighted by atomic mass is 16.2. The van der Waals surface area contributed by atoms with Crippen LogP contribution in [-0.2, 0) is 9.59 Å². The van der Waals surface area contributed by atoms with Crippen molar-refractivity contribution in [1.29, 1.82) is 0 Å². The molecule has 0 bridgehead atoms. The van der Waals surface area contributed by atoms with Crippen molar-refractivity contribution in [2.75, 3.05) is 0 Å². The molecule has 3 atom stereocenters. The Balaban J connectivity index is 1.81. The topological polar surface area (TPSA) is 72.2 Å². The van der Waals surface area contributed by atoms with E-state index in [1.54, 1.807) is 6.92 Å². The van der Waals surface area contributed by atoms with Crippen molar-refractivity contribution < 1.29 is 9.59 Å². The number of carbonyl (C=O) groups excluding carboxylic acids is 2. The van der Waals surface area contributed by atoms with Gasteiger partial charge in [-0.25, -0.2) is 0 Å². The van der Waals surface area contributed by atoms with Gasteiger partial charge in [-0.2, -0.15) is 0 Å². The highest BCUT2D eigenvalue weighted by Gasteiger charge is 2.48. The maximum absolute atomic E-state index is 11.6. The standard InChI is InChI=1S/C10H16N2O2/c1-5(9(11)13)12-10(14)8-3-6-2-7(6)4-8/h5-8H,2-4H2,1H3,(H2,11,13)(H,12,14)/t5-,6?,7?,8?/m0/s1. The monoisotopic (exact) mass is 196 g/mol. The van der Waals surface area contributed by atoms with Gasteiger partial charge in [0.05, 0.1) is 0 Å². The Morgan fingerprint density at radius 2 is 1.86 bits per heavy atom. The van der Waals surface area contributed by atoms with Crippen LogP contribution in [0.1, 0.15) is 26.2 Å². The molecular formula is C10H16N2O2. The van der Waals surface area contributed by atoms with Crippen molar-refractivity contribution >= 4 is 11.8 Å². The Labute approximate surface area is 83.2 Å². The summed E-state index contributed by atoms with van der Waals surface area (Å²) in [4.78, 5) is 22.3. The van der Waals surface area contributed by atoms with E-state index in [0.29, 0.717) is 0 Å². The molecular weight excluding hydrogens is 180 g/mol. The predicted octanol–water partition coefficient (Wildman–Crippen LogP) is 0.0225. The van der Waals surface area contributed by atoms with E-state index < -0.39 is 11.9 Å². The fraction of sp³-hybridized carbons (Fsp3) is 0.800. The number of nitrogens with one attached hydrogen (secondary N) is 1. The van der Waals surface area contributed by atoms with E-state index in [1.165, 1.54) is 6.42 Å². The lowest BCUT2D eigenvalue weighted by atomic mass is 10.0. The third-order valence-corrected chi connectivity index (χ3v) is 3.40. The van der Waals surface area contributed by atoms with E-state index in [9.17, 15) is 9.59 Å². The van der Waals surface area contributed by atoms with Crippen LogP contribution in [0.25, 0.3) is 0 Å². The second kappa shape index (κ2) is 3.26. The van der Waals surface area contributed by atoms with Crippen LogP contribution in [0.4, 0.5) is 0 Å². The first kappa shape index (κ1) is 9.49. The van der Waals surface area contributed by atoms with Crippen LogP contribution < -0.4 is 11.1 Å².